The third-order valence-corrected chi connectivity index (χ3v) is 3.32. The van der Waals surface area contributed by atoms with E-state index in [1.54, 1.807) is 6.20 Å². The largest absolute Gasteiger partial charge is 0.369 e. The Morgan fingerprint density at radius 3 is 2.72 bits per heavy atom. The molecule has 3 nitrogen and oxygen atoms in total. The van der Waals surface area contributed by atoms with Gasteiger partial charge in [0.05, 0.1) is 0 Å². The summed E-state index contributed by atoms with van der Waals surface area (Å²) < 4.78 is 0. The van der Waals surface area contributed by atoms with E-state index < -0.39 is 0 Å². The van der Waals surface area contributed by atoms with Crippen molar-refractivity contribution in [3.8, 4) is 0 Å². The van der Waals surface area contributed by atoms with Gasteiger partial charge in [-0.05, 0) is 30.4 Å². The van der Waals surface area contributed by atoms with Crippen LogP contribution < -0.4 is 5.32 Å². The molecule has 0 spiro atoms. The molecule has 1 aromatic rings. The number of aromatic nitrogens is 2. The van der Waals surface area contributed by atoms with E-state index >= 15 is 0 Å². The first-order valence-corrected chi connectivity index (χ1v) is 7.05. The van der Waals surface area contributed by atoms with E-state index in [4.69, 9.17) is 11.6 Å². The minimum absolute atomic E-state index is 0.277. The number of nitrogens with zero attached hydrogens (tertiary/aromatic N) is 2. The smallest absolute Gasteiger partial charge is 0.224 e. The lowest BCUT2D eigenvalue weighted by molar-refractivity contribution is 0.342. The van der Waals surface area contributed by atoms with Crippen molar-refractivity contribution in [2.24, 2.45) is 5.41 Å². The van der Waals surface area contributed by atoms with Gasteiger partial charge in [-0.15, -0.1) is 0 Å². The summed E-state index contributed by atoms with van der Waals surface area (Å²) in [6.45, 7) is 9.70. The van der Waals surface area contributed by atoms with Crippen LogP contribution in [0.25, 0.3) is 0 Å². The fourth-order valence-electron chi connectivity index (χ4n) is 1.86. The van der Waals surface area contributed by atoms with Crippen molar-refractivity contribution in [1.82, 2.24) is 9.97 Å². The maximum absolute atomic E-state index is 5.81. The standard InChI is InChI=1S/C14H24ClN3/c1-5-6-7-8-14(3,4)10-17-12-11(2)9-16-13(15)18-12/h9H,5-8,10H2,1-4H3,(H,16,17,18). The SMILES string of the molecule is CCCCCC(C)(C)CNc1nc(Cl)ncc1C. The highest BCUT2D eigenvalue weighted by molar-refractivity contribution is 6.28. The zero-order valence-corrected chi connectivity index (χ0v) is 12.6. The Morgan fingerprint density at radius 1 is 1.33 bits per heavy atom. The van der Waals surface area contributed by atoms with Crippen LogP contribution in [0.5, 0.6) is 0 Å². The van der Waals surface area contributed by atoms with Crippen LogP contribution >= 0.6 is 11.6 Å². The number of hydrogen-bond donors (Lipinski definition) is 1. The molecule has 0 bridgehead atoms. The van der Waals surface area contributed by atoms with Crippen LogP contribution in [-0.2, 0) is 0 Å². The Labute approximate surface area is 115 Å². The van der Waals surface area contributed by atoms with Gasteiger partial charge in [-0.1, -0.05) is 40.0 Å². The van der Waals surface area contributed by atoms with Gasteiger partial charge in [0.2, 0.25) is 5.28 Å². The molecule has 1 rings (SSSR count). The zero-order valence-electron chi connectivity index (χ0n) is 11.9. The third-order valence-electron chi connectivity index (χ3n) is 3.13. The molecule has 1 N–H and O–H groups in total. The molecule has 0 aliphatic heterocycles. The van der Waals surface area contributed by atoms with E-state index in [0.29, 0.717) is 5.28 Å². The van der Waals surface area contributed by atoms with Gasteiger partial charge in [-0.2, -0.15) is 0 Å². The molecule has 0 aliphatic carbocycles. The fraction of sp³-hybridized carbons (Fsp3) is 0.714. The average Bonchev–Trinajstić information content (AvgIpc) is 2.31. The van der Waals surface area contributed by atoms with Crippen LogP contribution in [0.3, 0.4) is 0 Å². The molecule has 102 valence electrons. The molecule has 0 unspecified atom stereocenters. The van der Waals surface area contributed by atoms with Crippen LogP contribution in [-0.4, -0.2) is 16.5 Å². The molecule has 1 aromatic heterocycles. The molecule has 0 aromatic carbocycles. The molecule has 18 heavy (non-hydrogen) atoms. The Bertz CT molecular complexity index is 377. The molecule has 4 heteroatoms. The molecule has 0 radical (unpaired) electrons. The molecule has 0 saturated carbocycles. The Kier molecular flexibility index (Phi) is 5.86. The normalized spacial score (nSPS) is 11.6. The number of nitrogens with one attached hydrogen (secondary N) is 1. The van der Waals surface area contributed by atoms with Gasteiger partial charge in [0.15, 0.2) is 0 Å². The summed E-state index contributed by atoms with van der Waals surface area (Å²) in [5.41, 5.74) is 1.31. The van der Waals surface area contributed by atoms with Gasteiger partial charge < -0.3 is 5.32 Å². The van der Waals surface area contributed by atoms with E-state index in [0.717, 1.165) is 17.9 Å². The lowest BCUT2D eigenvalue weighted by Crippen LogP contribution is -2.23. The molecule has 0 amide bonds. The third kappa shape index (κ3) is 5.21. The highest BCUT2D eigenvalue weighted by atomic mass is 35.5. The number of halogens is 1. The monoisotopic (exact) mass is 269 g/mol. The summed E-state index contributed by atoms with van der Waals surface area (Å²) in [5, 5.41) is 3.68. The lowest BCUT2D eigenvalue weighted by atomic mass is 9.87. The Hall–Kier alpha value is -0.830. The number of hydrogen-bond acceptors (Lipinski definition) is 3. The summed E-state index contributed by atoms with van der Waals surface area (Å²) in [6, 6.07) is 0. The fourth-order valence-corrected chi connectivity index (χ4v) is 2.00. The van der Waals surface area contributed by atoms with Gasteiger partial charge in [-0.3, -0.25) is 0 Å². The van der Waals surface area contributed by atoms with Crippen molar-refractivity contribution in [3.63, 3.8) is 0 Å². The highest BCUT2D eigenvalue weighted by Gasteiger charge is 2.17. The minimum atomic E-state index is 0.277. The highest BCUT2D eigenvalue weighted by Crippen LogP contribution is 2.24. The van der Waals surface area contributed by atoms with Crippen LogP contribution in [0, 0.1) is 12.3 Å². The summed E-state index contributed by atoms with van der Waals surface area (Å²) in [7, 11) is 0. The Morgan fingerprint density at radius 2 is 2.06 bits per heavy atom. The average molecular weight is 270 g/mol. The number of anilines is 1. The van der Waals surface area contributed by atoms with E-state index in [1.165, 1.54) is 25.7 Å². The molecule has 1 heterocycles. The first-order chi connectivity index (χ1) is 8.44. The predicted molar refractivity (Wildman–Crippen MR) is 78.2 cm³/mol. The quantitative estimate of drug-likeness (QED) is 0.587. The van der Waals surface area contributed by atoms with Crippen molar-refractivity contribution >= 4 is 17.4 Å². The molecule has 0 fully saturated rings. The molecular weight excluding hydrogens is 246 g/mol. The number of unbranched alkanes of at least 4 members (excludes halogenated alkanes) is 2. The van der Waals surface area contributed by atoms with Gasteiger partial charge in [-0.25, -0.2) is 9.97 Å². The number of rotatable bonds is 7. The van der Waals surface area contributed by atoms with E-state index in [1.807, 2.05) is 6.92 Å². The maximum atomic E-state index is 5.81. The second-order valence-corrected chi connectivity index (χ2v) is 5.98. The Balaban J connectivity index is 2.50. The first-order valence-electron chi connectivity index (χ1n) is 6.67. The van der Waals surface area contributed by atoms with Gasteiger partial charge >= 0.3 is 0 Å². The van der Waals surface area contributed by atoms with E-state index in [9.17, 15) is 0 Å². The van der Waals surface area contributed by atoms with E-state index in [2.05, 4.69) is 36.1 Å². The van der Waals surface area contributed by atoms with Crippen molar-refractivity contribution in [2.75, 3.05) is 11.9 Å². The predicted octanol–water partition coefficient (Wildman–Crippen LogP) is 4.46. The second kappa shape index (κ2) is 6.93. The summed E-state index contributed by atoms with van der Waals surface area (Å²) in [5.74, 6) is 0.846. The van der Waals surface area contributed by atoms with Crippen LogP contribution in [0.1, 0.15) is 52.0 Å². The maximum Gasteiger partial charge on any atom is 0.224 e. The first kappa shape index (κ1) is 15.2. The van der Waals surface area contributed by atoms with Gasteiger partial charge in [0.25, 0.3) is 0 Å². The van der Waals surface area contributed by atoms with Gasteiger partial charge in [0.1, 0.15) is 5.82 Å². The summed E-state index contributed by atoms with van der Waals surface area (Å²) in [4.78, 5) is 8.17. The van der Waals surface area contributed by atoms with Gasteiger partial charge in [0, 0.05) is 18.3 Å². The van der Waals surface area contributed by atoms with Crippen molar-refractivity contribution < 1.29 is 0 Å². The van der Waals surface area contributed by atoms with Crippen LogP contribution in [0.4, 0.5) is 5.82 Å². The van der Waals surface area contributed by atoms with Crippen LogP contribution in [0.15, 0.2) is 6.20 Å². The second-order valence-electron chi connectivity index (χ2n) is 5.65. The lowest BCUT2D eigenvalue weighted by Gasteiger charge is -2.25. The molecule has 0 aliphatic rings. The van der Waals surface area contributed by atoms with Crippen molar-refractivity contribution in [2.45, 2.75) is 53.4 Å². The van der Waals surface area contributed by atoms with Crippen molar-refractivity contribution in [3.05, 3.63) is 17.0 Å². The minimum Gasteiger partial charge on any atom is -0.369 e. The zero-order chi connectivity index (χ0) is 13.6. The topological polar surface area (TPSA) is 37.8 Å². The summed E-state index contributed by atoms with van der Waals surface area (Å²) in [6.07, 6.45) is 6.84. The van der Waals surface area contributed by atoms with Crippen molar-refractivity contribution in [1.29, 1.82) is 0 Å². The number of aryl methyl sites for hydroxylation is 1. The molecule has 0 atom stereocenters. The molecular formula is C14H24ClN3. The summed E-state index contributed by atoms with van der Waals surface area (Å²) >= 11 is 5.81. The van der Waals surface area contributed by atoms with Crippen LogP contribution in [0.2, 0.25) is 5.28 Å². The van der Waals surface area contributed by atoms with E-state index in [-0.39, 0.29) is 5.41 Å². The molecule has 0 saturated heterocycles.